The predicted octanol–water partition coefficient (Wildman–Crippen LogP) is 0.703. The predicted molar refractivity (Wildman–Crippen MR) is 71.0 cm³/mol. The summed E-state index contributed by atoms with van der Waals surface area (Å²) >= 11 is 0. The first-order valence-electron chi connectivity index (χ1n) is 6.19. The average Bonchev–Trinajstić information content (AvgIpc) is 2.30. The molecule has 0 aliphatic carbocycles. The molecule has 0 aromatic rings. The first-order chi connectivity index (χ1) is 7.88. The zero-order chi connectivity index (χ0) is 13.1. The Morgan fingerprint density at radius 2 is 2.24 bits per heavy atom. The summed E-state index contributed by atoms with van der Waals surface area (Å²) in [4.78, 5) is 16.5. The van der Waals surface area contributed by atoms with Crippen LogP contribution in [-0.2, 0) is 4.79 Å². The Morgan fingerprint density at radius 3 is 2.76 bits per heavy atom. The maximum absolute atomic E-state index is 12.5. The van der Waals surface area contributed by atoms with Crippen LogP contribution in [0.4, 0.5) is 0 Å². The van der Waals surface area contributed by atoms with E-state index in [0.717, 1.165) is 19.5 Å². The zero-order valence-corrected chi connectivity index (χ0v) is 11.5. The van der Waals surface area contributed by atoms with Gasteiger partial charge in [-0.1, -0.05) is 6.08 Å². The van der Waals surface area contributed by atoms with E-state index >= 15 is 0 Å². The lowest BCUT2D eigenvalue weighted by Crippen LogP contribution is -2.53. The van der Waals surface area contributed by atoms with Gasteiger partial charge < -0.3 is 15.1 Å². The van der Waals surface area contributed by atoms with Gasteiger partial charge in [0.25, 0.3) is 0 Å². The highest BCUT2D eigenvalue weighted by molar-refractivity contribution is 5.83. The van der Waals surface area contributed by atoms with Gasteiger partial charge in [0, 0.05) is 18.6 Å². The number of amides is 1. The summed E-state index contributed by atoms with van der Waals surface area (Å²) in [5, 5.41) is 3.34. The van der Waals surface area contributed by atoms with Crippen molar-refractivity contribution in [2.24, 2.45) is 0 Å². The molecule has 1 fully saturated rings. The number of hydrogen-bond acceptors (Lipinski definition) is 3. The molecular weight excluding hydrogens is 214 g/mol. The Hall–Kier alpha value is -0.870. The maximum Gasteiger partial charge on any atom is 0.241 e. The fraction of sp³-hybridized carbons (Fsp3) is 0.769. The van der Waals surface area contributed by atoms with Crippen LogP contribution < -0.4 is 5.32 Å². The van der Waals surface area contributed by atoms with Crippen LogP contribution in [-0.4, -0.2) is 61.0 Å². The fourth-order valence-electron chi connectivity index (χ4n) is 2.23. The van der Waals surface area contributed by atoms with E-state index in [1.807, 2.05) is 23.9 Å². The third-order valence-electron chi connectivity index (χ3n) is 3.28. The molecule has 1 atom stereocenters. The Morgan fingerprint density at radius 1 is 1.59 bits per heavy atom. The van der Waals surface area contributed by atoms with Crippen LogP contribution in [0, 0.1) is 0 Å². The van der Waals surface area contributed by atoms with Gasteiger partial charge in [0.1, 0.15) is 0 Å². The molecule has 0 radical (unpaired) electrons. The summed E-state index contributed by atoms with van der Waals surface area (Å²) in [5.41, 5.74) is -0.0979. The number of carbonyl (C=O) groups is 1. The highest BCUT2D eigenvalue weighted by Crippen LogP contribution is 2.22. The molecule has 0 aromatic heterocycles. The van der Waals surface area contributed by atoms with Gasteiger partial charge >= 0.3 is 0 Å². The van der Waals surface area contributed by atoms with Crippen molar-refractivity contribution < 1.29 is 4.79 Å². The van der Waals surface area contributed by atoms with E-state index in [1.165, 1.54) is 0 Å². The second kappa shape index (κ2) is 5.65. The number of carbonyl (C=O) groups excluding carboxylic acids is 1. The highest BCUT2D eigenvalue weighted by Gasteiger charge is 2.36. The molecule has 17 heavy (non-hydrogen) atoms. The third kappa shape index (κ3) is 3.54. The number of rotatable bonds is 4. The van der Waals surface area contributed by atoms with Crippen molar-refractivity contribution in [1.82, 2.24) is 15.1 Å². The minimum absolute atomic E-state index is 0.0979. The lowest BCUT2D eigenvalue weighted by Gasteiger charge is -2.37. The summed E-state index contributed by atoms with van der Waals surface area (Å²) in [6.45, 7) is 10.2. The summed E-state index contributed by atoms with van der Waals surface area (Å²) in [6.07, 6.45) is 2.77. The molecule has 1 aliphatic heterocycles. The van der Waals surface area contributed by atoms with Gasteiger partial charge in [-0.3, -0.25) is 4.79 Å². The SMILES string of the molecule is C=CCN1C(=O)C(CN(C)C)NCCC1(C)C. The van der Waals surface area contributed by atoms with E-state index in [-0.39, 0.29) is 17.5 Å². The Labute approximate surface area is 105 Å². The van der Waals surface area contributed by atoms with E-state index in [1.54, 1.807) is 6.08 Å². The maximum atomic E-state index is 12.5. The van der Waals surface area contributed by atoms with Crippen molar-refractivity contribution in [2.45, 2.75) is 31.8 Å². The second-order valence-electron chi connectivity index (χ2n) is 5.57. The van der Waals surface area contributed by atoms with Gasteiger partial charge in [-0.05, 0) is 40.9 Å². The first kappa shape index (κ1) is 14.2. The molecule has 4 nitrogen and oxygen atoms in total. The molecule has 0 spiro atoms. The largest absolute Gasteiger partial charge is 0.332 e. The Bertz CT molecular complexity index is 286. The zero-order valence-electron chi connectivity index (χ0n) is 11.5. The number of nitrogens with one attached hydrogen (secondary N) is 1. The summed E-state index contributed by atoms with van der Waals surface area (Å²) < 4.78 is 0. The quantitative estimate of drug-likeness (QED) is 0.734. The molecule has 1 saturated heterocycles. The van der Waals surface area contributed by atoms with Crippen molar-refractivity contribution in [3.8, 4) is 0 Å². The van der Waals surface area contributed by atoms with Crippen LogP contribution in [0.3, 0.4) is 0 Å². The Kier molecular flexibility index (Phi) is 4.71. The van der Waals surface area contributed by atoms with Crippen LogP contribution in [0.15, 0.2) is 12.7 Å². The Balaban J connectivity index is 2.86. The van der Waals surface area contributed by atoms with Crippen molar-refractivity contribution >= 4 is 5.91 Å². The monoisotopic (exact) mass is 239 g/mol. The summed E-state index contributed by atoms with van der Waals surface area (Å²) in [5.74, 6) is 0.182. The summed E-state index contributed by atoms with van der Waals surface area (Å²) in [6, 6.07) is -0.105. The number of nitrogens with zero attached hydrogens (tertiary/aromatic N) is 2. The lowest BCUT2D eigenvalue weighted by atomic mass is 9.98. The van der Waals surface area contributed by atoms with Crippen molar-refractivity contribution in [3.05, 3.63) is 12.7 Å². The molecule has 0 saturated carbocycles. The van der Waals surface area contributed by atoms with E-state index in [0.29, 0.717) is 6.54 Å². The molecule has 1 amide bonds. The van der Waals surface area contributed by atoms with Crippen LogP contribution in [0.2, 0.25) is 0 Å². The van der Waals surface area contributed by atoms with Crippen LogP contribution in [0.5, 0.6) is 0 Å². The highest BCUT2D eigenvalue weighted by atomic mass is 16.2. The number of likely N-dealkylation sites (N-methyl/N-ethyl adjacent to an activating group) is 1. The standard InChI is InChI=1S/C13H25N3O/c1-6-9-16-12(17)11(10-15(4)5)14-8-7-13(16,2)3/h6,11,14H,1,7-10H2,2-5H3. The molecule has 1 N–H and O–H groups in total. The van der Waals surface area contributed by atoms with E-state index in [2.05, 4.69) is 25.7 Å². The van der Waals surface area contributed by atoms with Crippen LogP contribution >= 0.6 is 0 Å². The molecule has 98 valence electrons. The molecule has 1 heterocycles. The normalized spacial score (nSPS) is 24.9. The van der Waals surface area contributed by atoms with Crippen LogP contribution in [0.25, 0.3) is 0 Å². The van der Waals surface area contributed by atoms with Gasteiger partial charge in [-0.25, -0.2) is 0 Å². The summed E-state index contributed by atoms with van der Waals surface area (Å²) in [7, 11) is 3.98. The molecule has 4 heteroatoms. The smallest absolute Gasteiger partial charge is 0.241 e. The molecule has 1 unspecified atom stereocenters. The van der Waals surface area contributed by atoms with Gasteiger partial charge in [0.05, 0.1) is 6.04 Å². The third-order valence-corrected chi connectivity index (χ3v) is 3.28. The van der Waals surface area contributed by atoms with Crippen LogP contribution in [0.1, 0.15) is 20.3 Å². The van der Waals surface area contributed by atoms with E-state index < -0.39 is 0 Å². The van der Waals surface area contributed by atoms with Crippen molar-refractivity contribution in [2.75, 3.05) is 33.7 Å². The van der Waals surface area contributed by atoms with Crippen molar-refractivity contribution in [1.29, 1.82) is 0 Å². The van der Waals surface area contributed by atoms with E-state index in [4.69, 9.17) is 0 Å². The van der Waals surface area contributed by atoms with Crippen molar-refractivity contribution in [3.63, 3.8) is 0 Å². The second-order valence-corrected chi connectivity index (χ2v) is 5.57. The van der Waals surface area contributed by atoms with Gasteiger partial charge in [0.2, 0.25) is 5.91 Å². The lowest BCUT2D eigenvalue weighted by molar-refractivity contribution is -0.137. The molecule has 1 rings (SSSR count). The van der Waals surface area contributed by atoms with Gasteiger partial charge in [-0.15, -0.1) is 6.58 Å². The average molecular weight is 239 g/mol. The van der Waals surface area contributed by atoms with Gasteiger partial charge in [-0.2, -0.15) is 0 Å². The minimum atomic E-state index is -0.105. The first-order valence-corrected chi connectivity index (χ1v) is 6.19. The number of hydrogen-bond donors (Lipinski definition) is 1. The molecule has 1 aliphatic rings. The molecule has 0 bridgehead atoms. The topological polar surface area (TPSA) is 35.6 Å². The van der Waals surface area contributed by atoms with E-state index in [9.17, 15) is 4.79 Å². The minimum Gasteiger partial charge on any atom is -0.332 e. The molecule has 0 aromatic carbocycles. The molecular formula is C13H25N3O. The van der Waals surface area contributed by atoms with Gasteiger partial charge in [0.15, 0.2) is 0 Å². The fourth-order valence-corrected chi connectivity index (χ4v) is 2.23.